The topological polar surface area (TPSA) is 230 Å². The van der Waals surface area contributed by atoms with Crippen LogP contribution in [0.15, 0.2) is 77.9 Å². The first-order chi connectivity index (χ1) is 34.3. The number of likely N-dealkylation sites (tertiary alicyclic amines) is 1. The van der Waals surface area contributed by atoms with Crippen molar-refractivity contribution in [1.29, 1.82) is 0 Å². The molecule has 0 bridgehead atoms. The standard InChI is InChI=1S/C49H42F4N8O11/c1-24-42(43(64)32-18-29(72-49(51,52)53)6-8-35(32)59(24)2)46(67)57-28-5-10-37(33(50)17-28)71-47-31-19-38(69-3)39(20-34(31)54-23-55-47)70-22-41(63)60-14-12-25(13-15-60)44(65)56-27-4-7-30-26(16-27)21-61(48(30)68)36-9-11-40(62)58-45(36)66/h4-8,10,16-20,23,25,36H,9,11-15,21-22H2,1-3H3,(H,56,65)(H,57,67)(H,58,62,66). The molecule has 2 saturated heterocycles. The Morgan fingerprint density at radius 2 is 1.61 bits per heavy atom. The molecule has 19 nitrogen and oxygen atoms in total. The van der Waals surface area contributed by atoms with Gasteiger partial charge in [0.05, 0.1) is 28.9 Å². The van der Waals surface area contributed by atoms with Crippen molar-refractivity contribution in [2.24, 2.45) is 13.0 Å². The van der Waals surface area contributed by atoms with Crippen molar-refractivity contribution in [2.75, 3.05) is 37.4 Å². The molecule has 0 aliphatic carbocycles. The summed E-state index contributed by atoms with van der Waals surface area (Å²) < 4.78 is 77.0. The molecule has 2 fully saturated rings. The van der Waals surface area contributed by atoms with E-state index in [-0.39, 0.29) is 125 Å². The number of rotatable bonds is 12. The van der Waals surface area contributed by atoms with E-state index in [2.05, 4.69) is 30.7 Å². The molecule has 0 spiro atoms. The van der Waals surface area contributed by atoms with E-state index in [1.54, 1.807) is 23.1 Å². The summed E-state index contributed by atoms with van der Waals surface area (Å²) in [6.07, 6.45) is -2.72. The van der Waals surface area contributed by atoms with Crippen LogP contribution in [0.3, 0.4) is 0 Å². The highest BCUT2D eigenvalue weighted by Gasteiger charge is 2.39. The van der Waals surface area contributed by atoms with Crippen LogP contribution in [0, 0.1) is 18.7 Å². The molecule has 1 atom stereocenters. The molecule has 4 aromatic carbocycles. The van der Waals surface area contributed by atoms with Crippen molar-refractivity contribution in [3.8, 4) is 28.9 Å². The van der Waals surface area contributed by atoms with Crippen LogP contribution >= 0.6 is 0 Å². The Kier molecular flexibility index (Phi) is 13.0. The number of ether oxygens (including phenoxy) is 4. The SMILES string of the molecule is COc1cc2c(Oc3ccc(NC(=O)c4c(C)n(C)c5ccc(OC(F)(F)F)cc5c4=O)cc3F)ncnc2cc1OCC(=O)N1CCC(C(=O)Nc2ccc3c(c2)CN(C2CCC(=O)NC2=O)C3=O)CC1. The molecular weight excluding hydrogens is 953 g/mol. The molecule has 5 heterocycles. The molecule has 6 amide bonds. The quantitative estimate of drug-likeness (QED) is 0.0960. The van der Waals surface area contributed by atoms with E-state index < -0.39 is 47.1 Å². The minimum atomic E-state index is -5.01. The number of alkyl halides is 3. The van der Waals surface area contributed by atoms with Crippen LogP contribution in [-0.4, -0.2) is 99.0 Å². The second-order valence-corrected chi connectivity index (χ2v) is 17.2. The summed E-state index contributed by atoms with van der Waals surface area (Å²) in [6.45, 7) is 1.83. The van der Waals surface area contributed by atoms with Crippen LogP contribution in [0.4, 0.5) is 28.9 Å². The molecule has 1 unspecified atom stereocenters. The lowest BCUT2D eigenvalue weighted by atomic mass is 9.95. The number of imide groups is 1. The van der Waals surface area contributed by atoms with Crippen LogP contribution in [0.1, 0.15) is 57.7 Å². The Labute approximate surface area is 405 Å². The van der Waals surface area contributed by atoms with Gasteiger partial charge in [-0.3, -0.25) is 38.9 Å². The summed E-state index contributed by atoms with van der Waals surface area (Å²) in [5, 5.41) is 7.72. The third kappa shape index (κ3) is 9.76. The largest absolute Gasteiger partial charge is 0.573 e. The van der Waals surface area contributed by atoms with Crippen LogP contribution < -0.4 is 40.3 Å². The van der Waals surface area contributed by atoms with Gasteiger partial charge in [-0.1, -0.05) is 0 Å². The van der Waals surface area contributed by atoms with Gasteiger partial charge < -0.3 is 43.9 Å². The maximum absolute atomic E-state index is 15.6. The van der Waals surface area contributed by atoms with E-state index in [1.165, 1.54) is 67.2 Å². The van der Waals surface area contributed by atoms with Gasteiger partial charge in [-0.2, -0.15) is 0 Å². The number of carbonyl (C=O) groups excluding carboxylic acids is 6. The van der Waals surface area contributed by atoms with Crippen molar-refractivity contribution in [3.63, 3.8) is 0 Å². The van der Waals surface area contributed by atoms with Crippen molar-refractivity contribution in [2.45, 2.75) is 51.6 Å². The first-order valence-corrected chi connectivity index (χ1v) is 22.4. The predicted octanol–water partition coefficient (Wildman–Crippen LogP) is 5.90. The van der Waals surface area contributed by atoms with Gasteiger partial charge in [0.25, 0.3) is 17.7 Å². The zero-order valence-corrected chi connectivity index (χ0v) is 38.5. The number of amides is 6. The Morgan fingerprint density at radius 3 is 2.33 bits per heavy atom. The number of fused-ring (bicyclic) bond motifs is 3. The lowest BCUT2D eigenvalue weighted by Crippen LogP contribution is -2.52. The lowest BCUT2D eigenvalue weighted by Gasteiger charge is -2.31. The number of methoxy groups -OCH3 is 1. The van der Waals surface area contributed by atoms with Crippen molar-refractivity contribution < 1.29 is 65.3 Å². The maximum Gasteiger partial charge on any atom is 0.573 e. The fourth-order valence-corrected chi connectivity index (χ4v) is 8.97. The van der Waals surface area contributed by atoms with E-state index in [4.69, 9.17) is 14.2 Å². The van der Waals surface area contributed by atoms with Gasteiger partial charge >= 0.3 is 6.36 Å². The average molecular weight is 995 g/mol. The smallest absolute Gasteiger partial charge is 0.493 e. The second-order valence-electron chi connectivity index (χ2n) is 17.2. The van der Waals surface area contributed by atoms with Crippen molar-refractivity contribution >= 4 is 68.6 Å². The number of carbonyl (C=O) groups is 6. The number of piperidine rings is 2. The molecular formula is C49H42F4N8O11. The van der Waals surface area contributed by atoms with Crippen LogP contribution in [0.25, 0.3) is 21.8 Å². The third-order valence-corrected chi connectivity index (χ3v) is 12.8. The summed E-state index contributed by atoms with van der Waals surface area (Å²) in [4.78, 5) is 102. The molecule has 72 heavy (non-hydrogen) atoms. The summed E-state index contributed by atoms with van der Waals surface area (Å²) in [5.74, 6) is -4.79. The maximum atomic E-state index is 15.6. The van der Waals surface area contributed by atoms with E-state index in [9.17, 15) is 46.7 Å². The predicted molar refractivity (Wildman–Crippen MR) is 247 cm³/mol. The summed E-state index contributed by atoms with van der Waals surface area (Å²) in [5.41, 5.74) is 0.965. The number of benzene rings is 4. The fourth-order valence-electron chi connectivity index (χ4n) is 8.97. The van der Waals surface area contributed by atoms with Crippen molar-refractivity contribution in [1.82, 2.24) is 29.7 Å². The number of aromatic nitrogens is 3. The molecule has 23 heteroatoms. The van der Waals surface area contributed by atoms with E-state index >= 15 is 4.39 Å². The Morgan fingerprint density at radius 1 is 0.861 bits per heavy atom. The van der Waals surface area contributed by atoms with E-state index in [1.807, 2.05) is 0 Å². The number of hydrogen-bond donors (Lipinski definition) is 3. The van der Waals surface area contributed by atoms with Gasteiger partial charge in [-0.15, -0.1) is 13.2 Å². The summed E-state index contributed by atoms with van der Waals surface area (Å²) in [6, 6.07) is 13.8. The Hall–Kier alpha value is -8.63. The number of nitrogens with zero attached hydrogens (tertiary/aromatic N) is 5. The molecule has 6 aromatic rings. The van der Waals surface area contributed by atoms with Gasteiger partial charge in [-0.25, -0.2) is 14.4 Å². The third-order valence-electron chi connectivity index (χ3n) is 12.8. The number of aryl methyl sites for hydroxylation is 1. The van der Waals surface area contributed by atoms with Crippen LogP contribution in [0.2, 0.25) is 0 Å². The lowest BCUT2D eigenvalue weighted by molar-refractivity contribution is -0.274. The van der Waals surface area contributed by atoms with Gasteiger partial charge in [0, 0.05) is 73.8 Å². The molecule has 9 rings (SSSR count). The number of halogens is 4. The molecule has 372 valence electrons. The zero-order valence-electron chi connectivity index (χ0n) is 38.5. The molecule has 0 saturated carbocycles. The minimum absolute atomic E-state index is 0.0731. The number of hydrogen-bond acceptors (Lipinski definition) is 13. The van der Waals surface area contributed by atoms with Crippen molar-refractivity contribution in [3.05, 3.63) is 111 Å². The second kappa shape index (κ2) is 19.3. The molecule has 2 aromatic heterocycles. The highest BCUT2D eigenvalue weighted by atomic mass is 19.4. The first kappa shape index (κ1) is 48.4. The number of pyridine rings is 1. The Bertz CT molecular complexity index is 3320. The highest BCUT2D eigenvalue weighted by Crippen LogP contribution is 2.38. The molecule has 3 aliphatic heterocycles. The number of nitrogens with one attached hydrogen (secondary N) is 3. The number of anilines is 2. The van der Waals surface area contributed by atoms with Gasteiger partial charge in [0.1, 0.15) is 23.7 Å². The van der Waals surface area contributed by atoms with Gasteiger partial charge in [0.15, 0.2) is 29.7 Å². The van der Waals surface area contributed by atoms with Gasteiger partial charge in [0.2, 0.25) is 29.0 Å². The van der Waals surface area contributed by atoms with Gasteiger partial charge in [-0.05, 0) is 86.3 Å². The molecule has 3 N–H and O–H groups in total. The Balaban J connectivity index is 0.798. The normalized spacial score (nSPS) is 16.1. The van der Waals surface area contributed by atoms with Crippen LogP contribution in [-0.2, 0) is 32.8 Å². The minimum Gasteiger partial charge on any atom is -0.493 e. The summed E-state index contributed by atoms with van der Waals surface area (Å²) in [7, 11) is 2.90. The monoisotopic (exact) mass is 994 g/mol. The summed E-state index contributed by atoms with van der Waals surface area (Å²) >= 11 is 0. The molecule has 0 radical (unpaired) electrons. The average Bonchev–Trinajstić information content (AvgIpc) is 3.66. The van der Waals surface area contributed by atoms with E-state index in [0.717, 1.165) is 18.2 Å². The molecule has 3 aliphatic rings. The van der Waals surface area contributed by atoms with E-state index in [0.29, 0.717) is 29.7 Å². The first-order valence-electron chi connectivity index (χ1n) is 22.4. The zero-order chi connectivity index (χ0) is 51.2. The highest BCUT2D eigenvalue weighted by molar-refractivity contribution is 6.07. The van der Waals surface area contributed by atoms with Crippen LogP contribution in [0.5, 0.6) is 28.9 Å². The fraction of sp³-hybridized carbons (Fsp3) is 0.286.